The predicted molar refractivity (Wildman–Crippen MR) is 94.5 cm³/mol. The van der Waals surface area contributed by atoms with Crippen molar-refractivity contribution in [3.8, 4) is 0 Å². The topological polar surface area (TPSA) is 12.0 Å². The van der Waals surface area contributed by atoms with Crippen LogP contribution in [0, 0.1) is 0 Å². The van der Waals surface area contributed by atoms with Crippen LogP contribution in [0.2, 0.25) is 0 Å². The minimum Gasteiger partial charge on any atom is -0.303 e. The Bertz CT molecular complexity index is 562. The Morgan fingerprint density at radius 1 is 1.00 bits per heavy atom. The molecule has 0 aliphatic rings. The molecule has 0 aliphatic heterocycles. The first-order valence-electron chi connectivity index (χ1n) is 7.75. The summed E-state index contributed by atoms with van der Waals surface area (Å²) in [4.78, 5) is 0. The fraction of sp³-hybridized carbons (Fsp3) is 0.368. The molecule has 0 amide bonds. The average Bonchev–Trinajstić information content (AvgIpc) is 2.53. The average molecular weight is 346 g/mol. The van der Waals surface area contributed by atoms with E-state index in [0.717, 1.165) is 12.8 Å². The molecule has 0 saturated heterocycles. The van der Waals surface area contributed by atoms with Gasteiger partial charge in [-0.1, -0.05) is 72.2 Å². The van der Waals surface area contributed by atoms with Gasteiger partial charge in [-0.15, -0.1) is 0 Å². The Morgan fingerprint density at radius 3 is 2.24 bits per heavy atom. The van der Waals surface area contributed by atoms with Gasteiger partial charge in [0, 0.05) is 16.6 Å². The third-order valence-corrected chi connectivity index (χ3v) is 4.74. The number of rotatable bonds is 6. The Kier molecular flexibility index (Phi) is 6.01. The molecule has 112 valence electrons. The number of hydrogen-bond donors (Lipinski definition) is 1. The third kappa shape index (κ3) is 4.18. The molecule has 1 unspecified atom stereocenters. The smallest absolute Gasteiger partial charge is 0.0323 e. The van der Waals surface area contributed by atoms with Gasteiger partial charge in [0.15, 0.2) is 0 Å². The number of aryl methyl sites for hydroxylation is 1. The summed E-state index contributed by atoms with van der Waals surface area (Å²) in [6.45, 7) is 6.65. The molecular weight excluding hydrogens is 322 g/mol. The molecule has 21 heavy (non-hydrogen) atoms. The second-order valence-corrected chi connectivity index (χ2v) is 6.32. The lowest BCUT2D eigenvalue weighted by Crippen LogP contribution is -2.24. The Balaban J connectivity index is 2.13. The van der Waals surface area contributed by atoms with Crippen LogP contribution in [0.4, 0.5) is 0 Å². The van der Waals surface area contributed by atoms with E-state index in [1.807, 2.05) is 0 Å². The van der Waals surface area contributed by atoms with Crippen LogP contribution in [0.5, 0.6) is 0 Å². The Morgan fingerprint density at radius 2 is 1.67 bits per heavy atom. The second kappa shape index (κ2) is 7.77. The lowest BCUT2D eigenvalue weighted by atomic mass is 9.99. The molecule has 0 spiro atoms. The van der Waals surface area contributed by atoms with Gasteiger partial charge >= 0.3 is 0 Å². The van der Waals surface area contributed by atoms with E-state index in [-0.39, 0.29) is 0 Å². The number of nitrogens with one attached hydrogen (secondary N) is 1. The van der Waals surface area contributed by atoms with Crippen molar-refractivity contribution in [3.05, 3.63) is 69.7 Å². The van der Waals surface area contributed by atoms with Crippen molar-refractivity contribution in [2.45, 2.75) is 45.7 Å². The van der Waals surface area contributed by atoms with Crippen LogP contribution in [-0.2, 0) is 6.42 Å². The monoisotopic (exact) mass is 345 g/mol. The minimum atomic E-state index is 0.316. The summed E-state index contributed by atoms with van der Waals surface area (Å²) in [5.41, 5.74) is 4.07. The molecule has 2 heteroatoms. The zero-order valence-electron chi connectivity index (χ0n) is 13.1. The molecule has 0 saturated carbocycles. The minimum absolute atomic E-state index is 0.316. The maximum Gasteiger partial charge on any atom is 0.0323 e. The van der Waals surface area contributed by atoms with Crippen molar-refractivity contribution in [2.24, 2.45) is 0 Å². The first-order chi connectivity index (χ1) is 10.2. The van der Waals surface area contributed by atoms with Crippen molar-refractivity contribution in [1.82, 2.24) is 5.32 Å². The van der Waals surface area contributed by atoms with E-state index in [2.05, 4.69) is 90.5 Å². The van der Waals surface area contributed by atoms with Crippen molar-refractivity contribution < 1.29 is 0 Å². The highest BCUT2D eigenvalue weighted by molar-refractivity contribution is 9.10. The molecule has 1 nitrogen and oxygen atoms in total. The molecule has 1 N–H and O–H groups in total. The van der Waals surface area contributed by atoms with Crippen LogP contribution in [-0.4, -0.2) is 0 Å². The zero-order valence-corrected chi connectivity index (χ0v) is 14.7. The van der Waals surface area contributed by atoms with Gasteiger partial charge in [-0.3, -0.25) is 0 Å². The molecule has 0 heterocycles. The van der Waals surface area contributed by atoms with Crippen LogP contribution >= 0.6 is 15.9 Å². The molecule has 0 aliphatic carbocycles. The van der Waals surface area contributed by atoms with E-state index in [1.54, 1.807) is 0 Å². The molecular formula is C19H24BrN. The summed E-state index contributed by atoms with van der Waals surface area (Å²) in [6, 6.07) is 18.1. The molecule has 0 fully saturated rings. The van der Waals surface area contributed by atoms with Gasteiger partial charge in [-0.25, -0.2) is 0 Å². The van der Waals surface area contributed by atoms with E-state index < -0.39 is 0 Å². The highest BCUT2D eigenvalue weighted by Gasteiger charge is 2.15. The van der Waals surface area contributed by atoms with Gasteiger partial charge < -0.3 is 5.32 Å². The summed E-state index contributed by atoms with van der Waals surface area (Å²) in [7, 11) is 0. The summed E-state index contributed by atoms with van der Waals surface area (Å²) < 4.78 is 1.17. The van der Waals surface area contributed by atoms with E-state index in [1.165, 1.54) is 21.2 Å². The summed E-state index contributed by atoms with van der Waals surface area (Å²) in [6.07, 6.45) is 2.18. The van der Waals surface area contributed by atoms with Crippen molar-refractivity contribution in [3.63, 3.8) is 0 Å². The maximum absolute atomic E-state index is 3.75. The van der Waals surface area contributed by atoms with Crippen LogP contribution in [0.1, 0.15) is 56.0 Å². The van der Waals surface area contributed by atoms with Gasteiger partial charge in [0.1, 0.15) is 0 Å². The summed E-state index contributed by atoms with van der Waals surface area (Å²) >= 11 is 3.64. The molecule has 2 rings (SSSR count). The van der Waals surface area contributed by atoms with Crippen LogP contribution in [0.15, 0.2) is 53.0 Å². The second-order valence-electron chi connectivity index (χ2n) is 5.47. The van der Waals surface area contributed by atoms with Crippen LogP contribution in [0.3, 0.4) is 0 Å². The summed E-state index contributed by atoms with van der Waals surface area (Å²) in [5, 5.41) is 3.75. The molecule has 0 aromatic heterocycles. The fourth-order valence-electron chi connectivity index (χ4n) is 2.65. The van der Waals surface area contributed by atoms with Gasteiger partial charge in [-0.05, 0) is 42.5 Å². The lowest BCUT2D eigenvalue weighted by Gasteiger charge is -2.24. The van der Waals surface area contributed by atoms with Gasteiger partial charge in [-0.2, -0.15) is 0 Å². The largest absolute Gasteiger partial charge is 0.303 e. The molecule has 2 aromatic rings. The number of benzene rings is 2. The fourth-order valence-corrected chi connectivity index (χ4v) is 3.28. The maximum atomic E-state index is 3.75. The lowest BCUT2D eigenvalue weighted by molar-refractivity contribution is 0.455. The quantitative estimate of drug-likeness (QED) is 0.696. The Hall–Kier alpha value is -1.12. The number of hydrogen-bond acceptors (Lipinski definition) is 1. The highest BCUT2D eigenvalue weighted by atomic mass is 79.9. The van der Waals surface area contributed by atoms with Gasteiger partial charge in [0.25, 0.3) is 0 Å². The molecule has 2 atom stereocenters. The summed E-state index contributed by atoms with van der Waals surface area (Å²) in [5.74, 6) is 0. The number of halogens is 1. The predicted octanol–water partition coefficient (Wildman–Crippen LogP) is 5.81. The Labute approximate surface area is 136 Å². The highest BCUT2D eigenvalue weighted by Crippen LogP contribution is 2.27. The molecule has 0 bridgehead atoms. The first-order valence-corrected chi connectivity index (χ1v) is 8.54. The van der Waals surface area contributed by atoms with E-state index in [0.29, 0.717) is 12.1 Å². The van der Waals surface area contributed by atoms with E-state index in [9.17, 15) is 0 Å². The molecule has 0 radical (unpaired) electrons. The van der Waals surface area contributed by atoms with E-state index in [4.69, 9.17) is 0 Å². The van der Waals surface area contributed by atoms with Crippen molar-refractivity contribution in [2.75, 3.05) is 0 Å². The van der Waals surface area contributed by atoms with Crippen molar-refractivity contribution in [1.29, 1.82) is 0 Å². The molecule has 2 aromatic carbocycles. The SMILES string of the molecule is CCc1ccc(C(CC)N[C@H](C)c2ccccc2Br)cc1. The van der Waals surface area contributed by atoms with Crippen molar-refractivity contribution >= 4 is 15.9 Å². The zero-order chi connectivity index (χ0) is 15.2. The third-order valence-electron chi connectivity index (χ3n) is 4.02. The van der Waals surface area contributed by atoms with Gasteiger partial charge in [0.2, 0.25) is 0 Å². The first kappa shape index (κ1) is 16.3. The van der Waals surface area contributed by atoms with E-state index >= 15 is 0 Å². The normalized spacial score (nSPS) is 13.9. The van der Waals surface area contributed by atoms with Gasteiger partial charge in [0.05, 0.1) is 0 Å². The van der Waals surface area contributed by atoms with Crippen LogP contribution < -0.4 is 5.32 Å². The van der Waals surface area contributed by atoms with Crippen LogP contribution in [0.25, 0.3) is 0 Å². The standard InChI is InChI=1S/C19H24BrN/c1-4-15-10-12-16(13-11-15)19(5-2)21-14(3)17-8-6-7-9-18(17)20/h6-14,19,21H,4-5H2,1-3H3/t14-,19?/m1/s1.